The number of ether oxygens (including phenoxy) is 1. The van der Waals surface area contributed by atoms with Crippen molar-refractivity contribution in [2.75, 3.05) is 7.11 Å². The summed E-state index contributed by atoms with van der Waals surface area (Å²) in [6.07, 6.45) is 9.40. The summed E-state index contributed by atoms with van der Waals surface area (Å²) in [6.45, 7) is 7.18. The zero-order valence-electron chi connectivity index (χ0n) is 18.8. The van der Waals surface area contributed by atoms with E-state index in [1.807, 2.05) is 0 Å². The van der Waals surface area contributed by atoms with Crippen molar-refractivity contribution in [3.05, 3.63) is 0 Å². The maximum Gasteiger partial charge on any atom is 0.305 e. The first-order chi connectivity index (χ1) is 13.7. The van der Waals surface area contributed by atoms with E-state index in [9.17, 15) is 14.7 Å². The van der Waals surface area contributed by atoms with E-state index in [0.717, 1.165) is 32.1 Å². The zero-order valence-corrected chi connectivity index (χ0v) is 18.8. The van der Waals surface area contributed by atoms with Crippen molar-refractivity contribution < 1.29 is 19.4 Å². The van der Waals surface area contributed by atoms with Crippen molar-refractivity contribution in [1.82, 2.24) is 0 Å². The maximum absolute atomic E-state index is 13.4. The summed E-state index contributed by atoms with van der Waals surface area (Å²) >= 11 is 0. The molecule has 4 rings (SSSR count). The minimum Gasteiger partial charge on any atom is -0.469 e. The van der Waals surface area contributed by atoms with Crippen LogP contribution < -0.4 is 0 Å². The highest BCUT2D eigenvalue weighted by Crippen LogP contribution is 2.67. The fraction of sp³-hybridized carbons (Fsp3) is 0.920. The predicted octanol–water partition coefficient (Wildman–Crippen LogP) is 4.77. The van der Waals surface area contributed by atoms with Crippen LogP contribution >= 0.6 is 0 Å². The van der Waals surface area contributed by atoms with Gasteiger partial charge in [0.15, 0.2) is 0 Å². The Morgan fingerprint density at radius 3 is 2.55 bits per heavy atom. The van der Waals surface area contributed by atoms with Gasteiger partial charge in [-0.25, -0.2) is 0 Å². The van der Waals surface area contributed by atoms with Crippen LogP contribution in [-0.4, -0.2) is 30.1 Å². The van der Waals surface area contributed by atoms with Gasteiger partial charge in [0.25, 0.3) is 0 Å². The second-order valence-corrected chi connectivity index (χ2v) is 11.4. The molecule has 0 spiro atoms. The number of esters is 1. The quantitative estimate of drug-likeness (QED) is 0.685. The van der Waals surface area contributed by atoms with Gasteiger partial charge in [0.2, 0.25) is 0 Å². The third-order valence-electron chi connectivity index (χ3n) is 10.2. The number of carbonyl (C=O) groups is 2. The van der Waals surface area contributed by atoms with Crippen LogP contribution in [0.1, 0.15) is 85.0 Å². The van der Waals surface area contributed by atoms with Crippen LogP contribution in [0.5, 0.6) is 0 Å². The predicted molar refractivity (Wildman–Crippen MR) is 112 cm³/mol. The van der Waals surface area contributed by atoms with E-state index >= 15 is 0 Å². The van der Waals surface area contributed by atoms with E-state index in [1.165, 1.54) is 26.4 Å². The Balaban J connectivity index is 1.53. The van der Waals surface area contributed by atoms with Crippen LogP contribution in [0, 0.1) is 46.3 Å². The second kappa shape index (κ2) is 7.66. The third kappa shape index (κ3) is 3.38. The van der Waals surface area contributed by atoms with Gasteiger partial charge in [0.05, 0.1) is 13.2 Å². The molecular formula is C25H40O4. The molecule has 4 saturated carbocycles. The summed E-state index contributed by atoms with van der Waals surface area (Å²) in [4.78, 5) is 25.0. The molecule has 0 amide bonds. The summed E-state index contributed by atoms with van der Waals surface area (Å²) in [5.41, 5.74) is 0.456. The standard InChI is InChI=1S/C25H40O4/c1-15(5-8-22(28)29-4)18-6-7-19-23-20(10-12-25(18,19)3)24(2)11-9-17(26)13-16(24)14-21(23)27/h15-20,23,26H,5-14H2,1-4H3/t15-,16+,17-,18-,19?,20?,23?,24+,25-/m1/s1. The van der Waals surface area contributed by atoms with Gasteiger partial charge < -0.3 is 9.84 Å². The number of Topliss-reactive ketones (excluding diaryl/α,β-unsaturated/α-hetero) is 1. The molecule has 4 aliphatic rings. The summed E-state index contributed by atoms with van der Waals surface area (Å²) in [6, 6.07) is 0. The van der Waals surface area contributed by atoms with Gasteiger partial charge in [-0.1, -0.05) is 20.8 Å². The highest BCUT2D eigenvalue weighted by Gasteiger charge is 2.62. The Morgan fingerprint density at radius 1 is 1.14 bits per heavy atom. The first kappa shape index (κ1) is 21.3. The third-order valence-corrected chi connectivity index (χ3v) is 10.2. The first-order valence-electron chi connectivity index (χ1n) is 12.0. The number of hydrogen-bond acceptors (Lipinski definition) is 4. The van der Waals surface area contributed by atoms with Gasteiger partial charge in [-0.2, -0.15) is 0 Å². The molecule has 0 aromatic carbocycles. The van der Waals surface area contributed by atoms with Crippen molar-refractivity contribution >= 4 is 11.8 Å². The average molecular weight is 405 g/mol. The number of aliphatic hydroxyl groups is 1. The molecule has 0 aliphatic heterocycles. The monoisotopic (exact) mass is 404 g/mol. The van der Waals surface area contributed by atoms with Crippen molar-refractivity contribution in [2.24, 2.45) is 46.3 Å². The Kier molecular flexibility index (Phi) is 5.63. The molecule has 9 atom stereocenters. The Hall–Kier alpha value is -0.900. The lowest BCUT2D eigenvalue weighted by molar-refractivity contribution is -0.160. The Morgan fingerprint density at radius 2 is 1.83 bits per heavy atom. The Labute approximate surface area is 176 Å². The topological polar surface area (TPSA) is 63.6 Å². The van der Waals surface area contributed by atoms with Crippen LogP contribution in [0.2, 0.25) is 0 Å². The van der Waals surface area contributed by atoms with Crippen LogP contribution in [0.25, 0.3) is 0 Å². The normalized spacial score (nSPS) is 47.7. The number of hydrogen-bond donors (Lipinski definition) is 1. The van der Waals surface area contributed by atoms with Gasteiger partial charge in [-0.15, -0.1) is 0 Å². The lowest BCUT2D eigenvalue weighted by Crippen LogP contribution is -2.57. The highest BCUT2D eigenvalue weighted by atomic mass is 16.5. The average Bonchev–Trinajstić information content (AvgIpc) is 3.04. The van der Waals surface area contributed by atoms with Gasteiger partial charge in [0, 0.05) is 18.8 Å². The van der Waals surface area contributed by atoms with Gasteiger partial charge in [-0.3, -0.25) is 9.59 Å². The number of fused-ring (bicyclic) bond motifs is 5. The first-order valence-corrected chi connectivity index (χ1v) is 12.0. The molecule has 4 fully saturated rings. The molecule has 0 saturated heterocycles. The van der Waals surface area contributed by atoms with Gasteiger partial charge in [-0.05, 0) is 91.8 Å². The van der Waals surface area contributed by atoms with Crippen molar-refractivity contribution in [3.8, 4) is 0 Å². The van der Waals surface area contributed by atoms with Gasteiger partial charge in [0.1, 0.15) is 5.78 Å². The molecule has 4 nitrogen and oxygen atoms in total. The molecule has 0 heterocycles. The fourth-order valence-corrected chi connectivity index (χ4v) is 8.53. The summed E-state index contributed by atoms with van der Waals surface area (Å²) in [5.74, 6) is 3.08. The maximum atomic E-state index is 13.4. The molecule has 3 unspecified atom stereocenters. The molecule has 1 N–H and O–H groups in total. The van der Waals surface area contributed by atoms with Crippen molar-refractivity contribution in [2.45, 2.75) is 91.1 Å². The van der Waals surface area contributed by atoms with E-state index < -0.39 is 0 Å². The number of aliphatic hydroxyl groups excluding tert-OH is 1. The zero-order chi connectivity index (χ0) is 21.0. The summed E-state index contributed by atoms with van der Waals surface area (Å²) in [5, 5.41) is 10.2. The molecular weight excluding hydrogens is 364 g/mol. The second-order valence-electron chi connectivity index (χ2n) is 11.4. The van der Waals surface area contributed by atoms with E-state index in [1.54, 1.807) is 0 Å². The fourth-order valence-electron chi connectivity index (χ4n) is 8.53. The highest BCUT2D eigenvalue weighted by molar-refractivity contribution is 5.83. The molecule has 0 aromatic rings. The summed E-state index contributed by atoms with van der Waals surface area (Å²) in [7, 11) is 1.47. The Bertz CT molecular complexity index is 659. The molecule has 0 radical (unpaired) electrons. The molecule has 29 heavy (non-hydrogen) atoms. The molecule has 164 valence electrons. The van der Waals surface area contributed by atoms with Crippen molar-refractivity contribution in [3.63, 3.8) is 0 Å². The minimum atomic E-state index is -0.210. The molecule has 0 bridgehead atoms. The summed E-state index contributed by atoms with van der Waals surface area (Å²) < 4.78 is 4.85. The van der Waals surface area contributed by atoms with E-state index in [0.29, 0.717) is 48.2 Å². The van der Waals surface area contributed by atoms with E-state index in [4.69, 9.17) is 4.74 Å². The van der Waals surface area contributed by atoms with Crippen LogP contribution in [0.4, 0.5) is 0 Å². The largest absolute Gasteiger partial charge is 0.469 e. The lowest BCUT2D eigenvalue weighted by atomic mass is 9.44. The molecule has 4 heteroatoms. The van der Waals surface area contributed by atoms with Crippen LogP contribution in [-0.2, 0) is 14.3 Å². The number of methoxy groups -OCH3 is 1. The molecule has 4 aliphatic carbocycles. The number of rotatable bonds is 4. The SMILES string of the molecule is COC(=O)CC[C@@H](C)[C@H]1CCC2C3C(=O)C[C@@H]4C[C@H](O)CC[C@]4(C)C3CC[C@@]21C. The van der Waals surface area contributed by atoms with Crippen LogP contribution in [0.3, 0.4) is 0 Å². The van der Waals surface area contributed by atoms with Crippen molar-refractivity contribution in [1.29, 1.82) is 0 Å². The lowest BCUT2D eigenvalue weighted by Gasteiger charge is -2.60. The van der Waals surface area contributed by atoms with Crippen LogP contribution in [0.15, 0.2) is 0 Å². The molecule has 0 aromatic heterocycles. The number of carbonyl (C=O) groups excluding carboxylic acids is 2. The minimum absolute atomic E-state index is 0.110. The van der Waals surface area contributed by atoms with E-state index in [2.05, 4.69) is 20.8 Å². The number of ketones is 1. The van der Waals surface area contributed by atoms with Gasteiger partial charge >= 0.3 is 5.97 Å². The van der Waals surface area contributed by atoms with E-state index in [-0.39, 0.29) is 28.8 Å². The smallest absolute Gasteiger partial charge is 0.305 e.